The van der Waals surface area contributed by atoms with Crippen molar-refractivity contribution in [3.63, 3.8) is 0 Å². The fourth-order valence-corrected chi connectivity index (χ4v) is 4.99. The highest BCUT2D eigenvalue weighted by Gasteiger charge is 2.30. The Balaban J connectivity index is 1.07. The molecule has 4 heterocycles. The van der Waals surface area contributed by atoms with Gasteiger partial charge < -0.3 is 20.3 Å². The highest BCUT2D eigenvalue weighted by molar-refractivity contribution is 6.33. The molecule has 190 valence electrons. The van der Waals surface area contributed by atoms with Gasteiger partial charge in [-0.15, -0.1) is 0 Å². The second-order valence-corrected chi connectivity index (χ2v) is 10.2. The Morgan fingerprint density at radius 2 is 1.89 bits per heavy atom. The van der Waals surface area contributed by atoms with Gasteiger partial charge in [-0.2, -0.15) is 0 Å². The number of fused-ring (bicyclic) bond motifs is 1. The van der Waals surface area contributed by atoms with E-state index < -0.39 is 0 Å². The van der Waals surface area contributed by atoms with E-state index in [0.29, 0.717) is 36.3 Å². The van der Waals surface area contributed by atoms with E-state index in [-0.39, 0.29) is 17.9 Å². The third-order valence-electron chi connectivity index (χ3n) is 7.37. The van der Waals surface area contributed by atoms with Crippen LogP contribution in [-0.2, 0) is 9.53 Å². The van der Waals surface area contributed by atoms with Crippen LogP contribution in [0.25, 0.3) is 10.9 Å². The van der Waals surface area contributed by atoms with Crippen LogP contribution in [0, 0.1) is 5.92 Å². The van der Waals surface area contributed by atoms with Gasteiger partial charge in [0.2, 0.25) is 11.9 Å². The summed E-state index contributed by atoms with van der Waals surface area (Å²) in [5.74, 6) is 1.79. The van der Waals surface area contributed by atoms with E-state index >= 15 is 0 Å². The van der Waals surface area contributed by atoms with E-state index in [4.69, 9.17) is 16.3 Å². The number of rotatable bonds is 8. The second kappa shape index (κ2) is 10.9. The first-order valence-electron chi connectivity index (χ1n) is 12.6. The number of aromatic nitrogens is 4. The van der Waals surface area contributed by atoms with Crippen LogP contribution in [0.15, 0.2) is 36.8 Å². The fourth-order valence-electron chi connectivity index (χ4n) is 4.78. The Morgan fingerprint density at radius 1 is 1.14 bits per heavy atom. The molecule has 1 aliphatic heterocycles. The number of nitrogens with zero attached hydrogens (tertiary/aromatic N) is 5. The molecule has 0 radical (unpaired) electrons. The molecule has 0 bridgehead atoms. The van der Waals surface area contributed by atoms with Crippen molar-refractivity contribution in [2.24, 2.45) is 5.92 Å². The zero-order chi connectivity index (χ0) is 25.1. The minimum absolute atomic E-state index is 0.0663. The van der Waals surface area contributed by atoms with Gasteiger partial charge in [0.25, 0.3) is 0 Å². The molecular formula is C26H32ClN7O2. The molecule has 0 aromatic carbocycles. The molecule has 36 heavy (non-hydrogen) atoms. The molecule has 2 aliphatic rings. The number of anilines is 2. The summed E-state index contributed by atoms with van der Waals surface area (Å²) in [7, 11) is 1.83. The van der Waals surface area contributed by atoms with E-state index in [1.165, 1.54) is 0 Å². The topological polar surface area (TPSA) is 105 Å². The first-order chi connectivity index (χ1) is 17.5. The number of hydrogen-bond donors (Lipinski definition) is 2. The molecule has 1 aliphatic carbocycles. The third-order valence-corrected chi connectivity index (χ3v) is 7.65. The zero-order valence-electron chi connectivity index (χ0n) is 20.7. The lowest BCUT2D eigenvalue weighted by Crippen LogP contribution is -2.50. The molecular weight excluding hydrogens is 478 g/mol. The summed E-state index contributed by atoms with van der Waals surface area (Å²) in [6.07, 6.45) is 9.58. The van der Waals surface area contributed by atoms with Gasteiger partial charge in [0.1, 0.15) is 11.3 Å². The fraction of sp³-hybridized carbons (Fsp3) is 0.500. The van der Waals surface area contributed by atoms with E-state index in [9.17, 15) is 4.79 Å². The van der Waals surface area contributed by atoms with Crippen molar-refractivity contribution in [1.82, 2.24) is 24.8 Å². The van der Waals surface area contributed by atoms with Crippen LogP contribution in [-0.4, -0.2) is 69.6 Å². The molecule has 0 spiro atoms. The quantitative estimate of drug-likeness (QED) is 0.437. The summed E-state index contributed by atoms with van der Waals surface area (Å²) in [6.45, 7) is 3.95. The van der Waals surface area contributed by atoms with Crippen molar-refractivity contribution in [2.45, 2.75) is 50.6 Å². The van der Waals surface area contributed by atoms with Gasteiger partial charge in [0, 0.05) is 49.2 Å². The Hall–Kier alpha value is -3.04. The number of hydrogen-bond acceptors (Lipinski definition) is 8. The molecule has 3 aromatic rings. The maximum Gasteiger partial charge on any atom is 0.230 e. The average molecular weight is 510 g/mol. The lowest BCUT2D eigenvalue weighted by atomic mass is 9.86. The van der Waals surface area contributed by atoms with E-state index in [0.717, 1.165) is 54.5 Å². The molecule has 1 atom stereocenters. The van der Waals surface area contributed by atoms with Crippen molar-refractivity contribution >= 4 is 40.2 Å². The van der Waals surface area contributed by atoms with Crippen molar-refractivity contribution in [3.8, 4) is 0 Å². The van der Waals surface area contributed by atoms with Gasteiger partial charge in [0.15, 0.2) is 5.15 Å². The smallest absolute Gasteiger partial charge is 0.230 e. The minimum atomic E-state index is -0.281. The highest BCUT2D eigenvalue weighted by atomic mass is 35.5. The standard InChI is InChI=1S/C26H32ClN7O2/c1-16(25(35)34(2)21-14-36-15-21)19-12-30-26(31-13-19)29-11-17-3-6-20(7-4-17)32-22-8-5-18-9-10-28-24(27)23(18)33-22/h5,8-10,12-13,16-17,20-21H,3-4,6-7,11,14-15H2,1-2H3,(H,32,33)(H,29,30,31)/t16-,17-,20-/m0/s1. The van der Waals surface area contributed by atoms with Gasteiger partial charge in [-0.05, 0) is 56.7 Å². The van der Waals surface area contributed by atoms with Crippen LogP contribution >= 0.6 is 11.6 Å². The first-order valence-corrected chi connectivity index (χ1v) is 12.9. The van der Waals surface area contributed by atoms with Gasteiger partial charge in [-0.1, -0.05) is 11.6 Å². The average Bonchev–Trinajstić information content (AvgIpc) is 2.87. The van der Waals surface area contributed by atoms with E-state index in [2.05, 4.69) is 30.6 Å². The summed E-state index contributed by atoms with van der Waals surface area (Å²) in [6, 6.07) is 6.50. The molecule has 1 amide bonds. The molecule has 2 fully saturated rings. The van der Waals surface area contributed by atoms with E-state index in [1.54, 1.807) is 23.5 Å². The number of ether oxygens (including phenoxy) is 1. The minimum Gasteiger partial charge on any atom is -0.377 e. The number of nitrogens with one attached hydrogen (secondary N) is 2. The summed E-state index contributed by atoms with van der Waals surface area (Å²) in [5.41, 5.74) is 1.55. The van der Waals surface area contributed by atoms with Crippen LogP contribution in [0.2, 0.25) is 5.15 Å². The number of carbonyl (C=O) groups excluding carboxylic acids is 1. The Morgan fingerprint density at radius 3 is 2.58 bits per heavy atom. The lowest BCUT2D eigenvalue weighted by molar-refractivity contribution is -0.142. The van der Waals surface area contributed by atoms with Gasteiger partial charge in [-0.25, -0.2) is 19.9 Å². The molecule has 3 aromatic heterocycles. The number of carbonyl (C=O) groups is 1. The molecule has 5 rings (SSSR count). The summed E-state index contributed by atoms with van der Waals surface area (Å²) in [4.78, 5) is 32.2. The van der Waals surface area contributed by atoms with E-state index in [1.807, 2.05) is 32.2 Å². The molecule has 0 unspecified atom stereocenters. The SMILES string of the molecule is C[C@H](C(=O)N(C)C1COC1)c1cnc(NC[C@H]2CC[C@H](Nc3ccc4ccnc(Cl)c4n3)CC2)nc1. The largest absolute Gasteiger partial charge is 0.377 e. The Kier molecular flexibility index (Phi) is 7.48. The van der Waals surface area contributed by atoms with Crippen LogP contribution in [0.4, 0.5) is 11.8 Å². The van der Waals surface area contributed by atoms with Crippen molar-refractivity contribution in [2.75, 3.05) is 37.4 Å². The molecule has 2 N–H and O–H groups in total. The second-order valence-electron chi connectivity index (χ2n) is 9.81. The number of amides is 1. The van der Waals surface area contributed by atoms with Crippen LogP contribution in [0.5, 0.6) is 0 Å². The van der Waals surface area contributed by atoms with Crippen LogP contribution < -0.4 is 10.6 Å². The molecule has 10 heteroatoms. The van der Waals surface area contributed by atoms with Crippen molar-refractivity contribution in [3.05, 3.63) is 47.5 Å². The third kappa shape index (κ3) is 5.52. The zero-order valence-corrected chi connectivity index (χ0v) is 21.4. The number of halogens is 1. The summed E-state index contributed by atoms with van der Waals surface area (Å²) >= 11 is 6.21. The summed E-state index contributed by atoms with van der Waals surface area (Å²) in [5, 5.41) is 8.35. The molecule has 9 nitrogen and oxygen atoms in total. The monoisotopic (exact) mass is 509 g/mol. The predicted octanol–water partition coefficient (Wildman–Crippen LogP) is 4.12. The first kappa shape index (κ1) is 24.6. The maximum atomic E-state index is 12.7. The highest BCUT2D eigenvalue weighted by Crippen LogP contribution is 2.28. The van der Waals surface area contributed by atoms with Crippen molar-refractivity contribution in [1.29, 1.82) is 0 Å². The van der Waals surface area contributed by atoms with Gasteiger partial charge in [0.05, 0.1) is 25.2 Å². The van der Waals surface area contributed by atoms with Crippen LogP contribution in [0.3, 0.4) is 0 Å². The maximum absolute atomic E-state index is 12.7. The van der Waals surface area contributed by atoms with Crippen LogP contribution in [0.1, 0.15) is 44.1 Å². The molecule has 1 saturated carbocycles. The van der Waals surface area contributed by atoms with Gasteiger partial charge in [-0.3, -0.25) is 4.79 Å². The predicted molar refractivity (Wildman–Crippen MR) is 140 cm³/mol. The van der Waals surface area contributed by atoms with Gasteiger partial charge >= 0.3 is 0 Å². The molecule has 1 saturated heterocycles. The lowest BCUT2D eigenvalue weighted by Gasteiger charge is -2.35. The number of pyridine rings is 2. The normalized spacial score (nSPS) is 21.0. The Labute approximate surface area is 216 Å². The van der Waals surface area contributed by atoms with Crippen molar-refractivity contribution < 1.29 is 9.53 Å². The Bertz CT molecular complexity index is 1200. The summed E-state index contributed by atoms with van der Waals surface area (Å²) < 4.78 is 5.20. The number of likely N-dealkylation sites (N-methyl/N-ethyl adjacent to an activating group) is 1.